The van der Waals surface area contributed by atoms with E-state index in [0.29, 0.717) is 25.3 Å². The molecule has 8 nitrogen and oxygen atoms in total. The van der Waals surface area contributed by atoms with Crippen LogP contribution in [0.25, 0.3) is 11.1 Å². The lowest BCUT2D eigenvalue weighted by Crippen LogP contribution is -2.46. The maximum absolute atomic E-state index is 13.4. The molecule has 0 saturated carbocycles. The summed E-state index contributed by atoms with van der Waals surface area (Å²) >= 11 is 0. The Morgan fingerprint density at radius 3 is 2.47 bits per heavy atom. The summed E-state index contributed by atoms with van der Waals surface area (Å²) in [6.45, 7) is 5.27. The largest absolute Gasteiger partial charge is 0.369 e. The minimum Gasteiger partial charge on any atom is -0.369 e. The Bertz CT molecular complexity index is 1090. The first-order valence-electron chi connectivity index (χ1n) is 10.8. The van der Waals surface area contributed by atoms with Crippen molar-refractivity contribution in [2.45, 2.75) is 32.2 Å². The monoisotopic (exact) mass is 433 g/mol. The number of nitrogens with zero attached hydrogens (tertiary/aromatic N) is 4. The lowest BCUT2D eigenvalue weighted by molar-refractivity contribution is -0.133. The summed E-state index contributed by atoms with van der Waals surface area (Å²) in [7, 11) is 0. The van der Waals surface area contributed by atoms with Crippen molar-refractivity contribution in [3.63, 3.8) is 0 Å². The summed E-state index contributed by atoms with van der Waals surface area (Å²) in [6, 6.07) is 14.6. The highest BCUT2D eigenvalue weighted by molar-refractivity contribution is 6.07. The normalized spacial score (nSPS) is 21.6. The molecule has 2 heterocycles. The third-order valence-electron chi connectivity index (χ3n) is 6.49. The molecule has 1 fully saturated rings. The van der Waals surface area contributed by atoms with Gasteiger partial charge in [-0.25, -0.2) is 4.99 Å². The van der Waals surface area contributed by atoms with Gasteiger partial charge in [-0.15, -0.1) is 4.91 Å². The fourth-order valence-corrected chi connectivity index (χ4v) is 4.50. The lowest BCUT2D eigenvalue weighted by atomic mass is 9.89. The molecule has 4 rings (SSSR count). The van der Waals surface area contributed by atoms with Gasteiger partial charge in [-0.05, 0) is 65.7 Å². The number of piperidine rings is 1. The number of hydrogen-bond acceptors (Lipinski definition) is 6. The Morgan fingerprint density at radius 2 is 1.81 bits per heavy atom. The molecule has 0 aromatic heterocycles. The molecule has 2 N–H and O–H groups in total. The minimum atomic E-state index is -1.11. The number of likely N-dealkylation sites (tertiary alicyclic amines) is 1. The van der Waals surface area contributed by atoms with Crippen molar-refractivity contribution in [2.75, 3.05) is 19.6 Å². The van der Waals surface area contributed by atoms with Crippen LogP contribution in [0.2, 0.25) is 0 Å². The van der Waals surface area contributed by atoms with E-state index in [-0.39, 0.29) is 23.7 Å². The molecule has 0 aliphatic carbocycles. The van der Waals surface area contributed by atoms with E-state index in [9.17, 15) is 14.5 Å². The second-order valence-corrected chi connectivity index (χ2v) is 8.63. The quantitative estimate of drug-likeness (QED) is 0.729. The molecule has 2 aromatic carbocycles. The molecule has 1 atom stereocenters. The smallest absolute Gasteiger partial charge is 0.261 e. The summed E-state index contributed by atoms with van der Waals surface area (Å²) in [5.74, 6) is 0.438. The molecule has 0 spiro atoms. The molecular formula is C24H27N5O3. The first kappa shape index (κ1) is 21.7. The number of hydrogen-bond donors (Lipinski definition) is 1. The van der Waals surface area contributed by atoms with E-state index in [1.807, 2.05) is 35.2 Å². The SMILES string of the molecule is CC(=O)N1CCC(CN2C(=O)C(C)(c3cccc(-c4cccc(N=O)c4)c3)N=C2N)CC1. The molecule has 2 amide bonds. The predicted octanol–water partition coefficient (Wildman–Crippen LogP) is 3.38. The van der Waals surface area contributed by atoms with Gasteiger partial charge in [0.05, 0.1) is 0 Å². The van der Waals surface area contributed by atoms with Crippen LogP contribution in [0.1, 0.15) is 32.3 Å². The van der Waals surface area contributed by atoms with Gasteiger partial charge in [-0.3, -0.25) is 14.5 Å². The van der Waals surface area contributed by atoms with E-state index in [1.165, 1.54) is 0 Å². The van der Waals surface area contributed by atoms with E-state index in [2.05, 4.69) is 10.2 Å². The Balaban J connectivity index is 1.54. The van der Waals surface area contributed by atoms with Gasteiger partial charge in [0.2, 0.25) is 5.91 Å². The van der Waals surface area contributed by atoms with E-state index >= 15 is 0 Å². The van der Waals surface area contributed by atoms with E-state index in [0.717, 1.165) is 29.5 Å². The maximum Gasteiger partial charge on any atom is 0.261 e. The molecule has 2 aliphatic rings. The summed E-state index contributed by atoms with van der Waals surface area (Å²) in [6.07, 6.45) is 1.67. The van der Waals surface area contributed by atoms with Crippen LogP contribution in [0.4, 0.5) is 5.69 Å². The van der Waals surface area contributed by atoms with Gasteiger partial charge in [0.1, 0.15) is 5.69 Å². The van der Waals surface area contributed by atoms with Crippen molar-refractivity contribution >= 4 is 23.5 Å². The van der Waals surface area contributed by atoms with Crippen LogP contribution in [0.3, 0.4) is 0 Å². The number of nitroso groups, excluding NO2 is 1. The standard InChI is InChI=1S/C24H27N5O3/c1-16(30)28-11-9-17(10-12-28)15-29-22(31)24(2,26-23(29)25)20-7-3-5-18(13-20)19-6-4-8-21(14-19)27-32/h3-8,13-14,17H,9-12,15H2,1-2H3,(H2,25,26). The van der Waals surface area contributed by atoms with Crippen LogP contribution in [-0.4, -0.2) is 47.2 Å². The Kier molecular flexibility index (Phi) is 5.78. The zero-order valence-corrected chi connectivity index (χ0v) is 18.3. The van der Waals surface area contributed by atoms with Gasteiger partial charge >= 0.3 is 0 Å². The fourth-order valence-electron chi connectivity index (χ4n) is 4.50. The van der Waals surface area contributed by atoms with Crippen LogP contribution in [-0.2, 0) is 15.1 Å². The fraction of sp³-hybridized carbons (Fsp3) is 0.375. The predicted molar refractivity (Wildman–Crippen MR) is 123 cm³/mol. The number of rotatable bonds is 5. The first-order valence-corrected chi connectivity index (χ1v) is 10.8. The van der Waals surface area contributed by atoms with Crippen molar-refractivity contribution < 1.29 is 9.59 Å². The zero-order chi connectivity index (χ0) is 22.9. The van der Waals surface area contributed by atoms with Crippen LogP contribution in [0.15, 0.2) is 58.7 Å². The van der Waals surface area contributed by atoms with E-state index in [4.69, 9.17) is 5.73 Å². The van der Waals surface area contributed by atoms with Crippen molar-refractivity contribution in [1.82, 2.24) is 9.80 Å². The molecule has 1 unspecified atom stereocenters. The van der Waals surface area contributed by atoms with Crippen LogP contribution in [0, 0.1) is 10.8 Å². The molecular weight excluding hydrogens is 406 g/mol. The van der Waals surface area contributed by atoms with Gasteiger partial charge in [-0.1, -0.05) is 30.3 Å². The topological polar surface area (TPSA) is 108 Å². The number of guanidine groups is 1. The Labute approximate surface area is 187 Å². The molecule has 0 bridgehead atoms. The molecule has 8 heteroatoms. The molecule has 2 aliphatic heterocycles. The number of aliphatic imine (C=N–C) groups is 1. The highest BCUT2D eigenvalue weighted by Crippen LogP contribution is 2.36. The molecule has 2 aromatic rings. The number of carbonyl (C=O) groups excluding carboxylic acids is 2. The second kappa shape index (κ2) is 8.53. The minimum absolute atomic E-state index is 0.0868. The molecule has 166 valence electrons. The van der Waals surface area contributed by atoms with Gasteiger partial charge in [0.15, 0.2) is 11.5 Å². The lowest BCUT2D eigenvalue weighted by Gasteiger charge is -2.33. The van der Waals surface area contributed by atoms with E-state index in [1.54, 1.807) is 36.9 Å². The van der Waals surface area contributed by atoms with E-state index < -0.39 is 5.54 Å². The average Bonchev–Trinajstić information content (AvgIpc) is 3.03. The summed E-state index contributed by atoms with van der Waals surface area (Å²) in [4.78, 5) is 43.9. The van der Waals surface area contributed by atoms with Gasteiger partial charge in [0.25, 0.3) is 5.91 Å². The van der Waals surface area contributed by atoms with Crippen molar-refractivity contribution in [2.24, 2.45) is 21.8 Å². The van der Waals surface area contributed by atoms with Crippen molar-refractivity contribution in [1.29, 1.82) is 0 Å². The highest BCUT2D eigenvalue weighted by Gasteiger charge is 2.46. The summed E-state index contributed by atoms with van der Waals surface area (Å²) in [5.41, 5.74) is 7.88. The van der Waals surface area contributed by atoms with Gasteiger partial charge in [-0.2, -0.15) is 0 Å². The van der Waals surface area contributed by atoms with Crippen LogP contribution >= 0.6 is 0 Å². The third kappa shape index (κ3) is 4.00. The summed E-state index contributed by atoms with van der Waals surface area (Å²) < 4.78 is 0. The molecule has 1 saturated heterocycles. The molecule has 32 heavy (non-hydrogen) atoms. The number of carbonyl (C=O) groups is 2. The van der Waals surface area contributed by atoms with Crippen molar-refractivity contribution in [3.8, 4) is 11.1 Å². The average molecular weight is 434 g/mol. The Morgan fingerprint density at radius 1 is 1.16 bits per heavy atom. The highest BCUT2D eigenvalue weighted by atomic mass is 16.3. The first-order chi connectivity index (χ1) is 15.3. The zero-order valence-electron chi connectivity index (χ0n) is 18.3. The van der Waals surface area contributed by atoms with Crippen LogP contribution in [0.5, 0.6) is 0 Å². The maximum atomic E-state index is 13.4. The molecule has 0 radical (unpaired) electrons. The number of amides is 2. The van der Waals surface area contributed by atoms with Crippen LogP contribution < -0.4 is 5.73 Å². The second-order valence-electron chi connectivity index (χ2n) is 8.63. The Hall–Kier alpha value is -3.55. The summed E-state index contributed by atoms with van der Waals surface area (Å²) in [5, 5.41) is 3.00. The van der Waals surface area contributed by atoms with Gasteiger partial charge < -0.3 is 10.6 Å². The number of benzene rings is 2. The number of nitrogens with two attached hydrogens (primary N) is 1. The third-order valence-corrected chi connectivity index (χ3v) is 6.49. The van der Waals surface area contributed by atoms with Gasteiger partial charge in [0, 0.05) is 26.6 Å². The van der Waals surface area contributed by atoms with Crippen molar-refractivity contribution in [3.05, 3.63) is 59.0 Å².